The molecule has 0 saturated carbocycles. The molecule has 0 bridgehead atoms. The van der Waals surface area contributed by atoms with Gasteiger partial charge in [-0.2, -0.15) is 0 Å². The molecule has 0 amide bonds. The van der Waals surface area contributed by atoms with Crippen molar-refractivity contribution in [2.45, 2.75) is 6.10 Å². The first-order valence-electron chi connectivity index (χ1n) is 5.16. The summed E-state index contributed by atoms with van der Waals surface area (Å²) in [6, 6.07) is 8.08. The normalized spacial score (nSPS) is 18.8. The van der Waals surface area contributed by atoms with Gasteiger partial charge in [-0.1, -0.05) is 18.2 Å². The zero-order valence-electron chi connectivity index (χ0n) is 8.75. The molecule has 2 aromatic rings. The quantitative estimate of drug-likeness (QED) is 0.560. The van der Waals surface area contributed by atoms with E-state index in [1.165, 1.54) is 6.07 Å². The van der Waals surface area contributed by atoms with Gasteiger partial charge in [0.15, 0.2) is 11.5 Å². The number of phenols is 1. The lowest BCUT2D eigenvalue weighted by Gasteiger charge is -2.22. The minimum Gasteiger partial charge on any atom is -0.508 e. The summed E-state index contributed by atoms with van der Waals surface area (Å²) in [6.07, 6.45) is -1.23. The van der Waals surface area contributed by atoms with Crippen LogP contribution in [-0.2, 0) is 0 Å². The molecule has 3 rings (SSSR count). The Morgan fingerprint density at radius 3 is 2.53 bits per heavy atom. The Morgan fingerprint density at radius 1 is 1.00 bits per heavy atom. The Bertz CT molecular complexity index is 658. The van der Waals surface area contributed by atoms with Gasteiger partial charge in [-0.05, 0) is 28.5 Å². The zero-order chi connectivity index (χ0) is 12.2. The second-order valence-corrected chi connectivity index (χ2v) is 4.08. The van der Waals surface area contributed by atoms with E-state index >= 15 is 0 Å². The third-order valence-corrected chi connectivity index (χ3v) is 3.05. The molecule has 17 heavy (non-hydrogen) atoms. The molecule has 1 aliphatic rings. The van der Waals surface area contributed by atoms with E-state index in [4.69, 9.17) is 0 Å². The van der Waals surface area contributed by atoms with Crippen LogP contribution in [0.2, 0.25) is 0 Å². The molecule has 0 fully saturated rings. The molecule has 86 valence electrons. The molecule has 4 N–H and O–H groups in total. The van der Waals surface area contributed by atoms with Crippen molar-refractivity contribution < 1.29 is 20.4 Å². The van der Waals surface area contributed by atoms with Crippen LogP contribution in [-0.4, -0.2) is 20.4 Å². The van der Waals surface area contributed by atoms with Crippen LogP contribution in [0.1, 0.15) is 17.2 Å². The second-order valence-electron chi connectivity index (χ2n) is 4.08. The number of aliphatic hydroxyl groups excluding tert-OH is 3. The topological polar surface area (TPSA) is 80.9 Å². The van der Waals surface area contributed by atoms with Gasteiger partial charge in [-0.25, -0.2) is 0 Å². The fourth-order valence-electron chi connectivity index (χ4n) is 2.27. The average molecular weight is 230 g/mol. The van der Waals surface area contributed by atoms with Crippen LogP contribution in [0.3, 0.4) is 0 Å². The maximum absolute atomic E-state index is 9.85. The van der Waals surface area contributed by atoms with Crippen molar-refractivity contribution in [3.05, 3.63) is 47.2 Å². The average Bonchev–Trinajstić information content (AvgIpc) is 2.32. The van der Waals surface area contributed by atoms with Crippen molar-refractivity contribution in [3.8, 4) is 5.75 Å². The molecule has 0 spiro atoms. The second kappa shape index (κ2) is 3.15. The first-order chi connectivity index (χ1) is 8.09. The van der Waals surface area contributed by atoms with Gasteiger partial charge >= 0.3 is 0 Å². The molecule has 4 nitrogen and oxygen atoms in total. The number of rotatable bonds is 0. The van der Waals surface area contributed by atoms with E-state index < -0.39 is 17.6 Å². The Morgan fingerprint density at radius 2 is 1.76 bits per heavy atom. The van der Waals surface area contributed by atoms with E-state index in [2.05, 4.69) is 0 Å². The third-order valence-electron chi connectivity index (χ3n) is 3.05. The summed E-state index contributed by atoms with van der Waals surface area (Å²) in [5, 5.41) is 40.2. The zero-order valence-corrected chi connectivity index (χ0v) is 8.75. The molecule has 1 aliphatic carbocycles. The van der Waals surface area contributed by atoms with Crippen LogP contribution in [0.4, 0.5) is 0 Å². The Kier molecular flexibility index (Phi) is 1.85. The van der Waals surface area contributed by atoms with E-state index in [1.807, 2.05) is 0 Å². The molecule has 1 unspecified atom stereocenters. The molecule has 0 aromatic heterocycles. The maximum Gasteiger partial charge on any atom is 0.168 e. The van der Waals surface area contributed by atoms with E-state index in [0.29, 0.717) is 21.9 Å². The highest BCUT2D eigenvalue weighted by molar-refractivity contribution is 5.98. The molecule has 1 atom stereocenters. The van der Waals surface area contributed by atoms with Crippen LogP contribution < -0.4 is 0 Å². The lowest BCUT2D eigenvalue weighted by molar-refractivity contribution is 0.151. The Balaban J connectivity index is 2.53. The number of hydrogen-bond acceptors (Lipinski definition) is 4. The summed E-state index contributed by atoms with van der Waals surface area (Å²) < 4.78 is 0. The third kappa shape index (κ3) is 1.21. The lowest BCUT2D eigenvalue weighted by Crippen LogP contribution is -2.10. The fourth-order valence-corrected chi connectivity index (χ4v) is 2.27. The number of hydrogen-bond donors (Lipinski definition) is 4. The van der Waals surface area contributed by atoms with Gasteiger partial charge < -0.3 is 20.4 Å². The predicted octanol–water partition coefficient (Wildman–Crippen LogP) is 2.38. The SMILES string of the molecule is OC1=C(O)C(O)c2cccc3cc(O)cc1c23. The lowest BCUT2D eigenvalue weighted by atomic mass is 9.89. The first-order valence-corrected chi connectivity index (χ1v) is 5.16. The van der Waals surface area contributed by atoms with Crippen LogP contribution in [0, 0.1) is 0 Å². The van der Waals surface area contributed by atoms with Crippen LogP contribution in [0.15, 0.2) is 36.1 Å². The van der Waals surface area contributed by atoms with Crippen LogP contribution >= 0.6 is 0 Å². The summed E-state index contributed by atoms with van der Waals surface area (Å²) in [5.41, 5.74) is 0.853. The van der Waals surface area contributed by atoms with E-state index in [9.17, 15) is 20.4 Å². The van der Waals surface area contributed by atoms with Gasteiger partial charge in [0.05, 0.1) is 0 Å². The van der Waals surface area contributed by atoms with E-state index in [1.54, 1.807) is 24.3 Å². The van der Waals surface area contributed by atoms with Crippen LogP contribution in [0.25, 0.3) is 16.5 Å². The molecular formula is C13H10O4. The van der Waals surface area contributed by atoms with Gasteiger partial charge in [0.25, 0.3) is 0 Å². The van der Waals surface area contributed by atoms with Crippen LogP contribution in [0.5, 0.6) is 5.75 Å². The molecule has 0 radical (unpaired) electrons. The molecule has 0 saturated heterocycles. The fraction of sp³-hybridized carbons (Fsp3) is 0.0769. The number of phenolic OH excluding ortho intramolecular Hbond substituents is 1. The maximum atomic E-state index is 9.85. The van der Waals surface area contributed by atoms with Crippen molar-refractivity contribution >= 4 is 16.5 Å². The van der Waals surface area contributed by atoms with E-state index in [-0.39, 0.29) is 5.75 Å². The summed E-state index contributed by atoms with van der Waals surface area (Å²) >= 11 is 0. The minimum absolute atomic E-state index is 0.000361. The predicted molar refractivity (Wildman–Crippen MR) is 62.8 cm³/mol. The Hall–Kier alpha value is -2.20. The summed E-state index contributed by atoms with van der Waals surface area (Å²) in [5.74, 6) is -0.881. The highest BCUT2D eigenvalue weighted by atomic mass is 16.3. The minimum atomic E-state index is -1.23. The molecule has 0 heterocycles. The van der Waals surface area contributed by atoms with Crippen molar-refractivity contribution in [1.29, 1.82) is 0 Å². The highest BCUT2D eigenvalue weighted by Crippen LogP contribution is 2.41. The van der Waals surface area contributed by atoms with Crippen molar-refractivity contribution in [3.63, 3.8) is 0 Å². The number of aliphatic hydroxyl groups is 3. The van der Waals surface area contributed by atoms with Crippen molar-refractivity contribution in [2.75, 3.05) is 0 Å². The molecule has 2 aromatic carbocycles. The van der Waals surface area contributed by atoms with Gasteiger partial charge in [0.1, 0.15) is 11.9 Å². The summed E-state index contributed by atoms with van der Waals surface area (Å²) in [4.78, 5) is 0. The highest BCUT2D eigenvalue weighted by Gasteiger charge is 2.28. The monoisotopic (exact) mass is 230 g/mol. The first kappa shape index (κ1) is 9.99. The van der Waals surface area contributed by atoms with Crippen molar-refractivity contribution in [1.82, 2.24) is 0 Å². The summed E-state index contributed by atoms with van der Waals surface area (Å²) in [6.45, 7) is 0. The van der Waals surface area contributed by atoms with E-state index in [0.717, 1.165) is 0 Å². The molecule has 4 heteroatoms. The van der Waals surface area contributed by atoms with Gasteiger partial charge in [-0.3, -0.25) is 0 Å². The molecular weight excluding hydrogens is 220 g/mol. The summed E-state index contributed by atoms with van der Waals surface area (Å²) in [7, 11) is 0. The van der Waals surface area contributed by atoms with Gasteiger partial charge in [-0.15, -0.1) is 0 Å². The van der Waals surface area contributed by atoms with Crippen molar-refractivity contribution in [2.24, 2.45) is 0 Å². The smallest absolute Gasteiger partial charge is 0.168 e. The number of aromatic hydroxyl groups is 1. The number of benzene rings is 2. The Labute approximate surface area is 96.7 Å². The largest absolute Gasteiger partial charge is 0.508 e. The molecule has 0 aliphatic heterocycles. The van der Waals surface area contributed by atoms with Gasteiger partial charge in [0.2, 0.25) is 0 Å². The van der Waals surface area contributed by atoms with Gasteiger partial charge in [0, 0.05) is 5.56 Å². The standard InChI is InChI=1S/C13H10O4/c14-7-4-6-2-1-3-8-10(6)9(5-7)12(16)13(17)11(8)15/h1-5,11,14-17H.